The summed E-state index contributed by atoms with van der Waals surface area (Å²) < 4.78 is 10.8. The van der Waals surface area contributed by atoms with Crippen LogP contribution in [-0.2, 0) is 5.60 Å². The Morgan fingerprint density at radius 1 is 1.10 bits per heavy atom. The molecule has 0 aliphatic carbocycles. The molecule has 1 unspecified atom stereocenters. The molecule has 1 N–H and O–H groups in total. The Balaban J connectivity index is 2.48. The van der Waals surface area contributed by atoms with Crippen molar-refractivity contribution in [2.24, 2.45) is 0 Å². The second-order valence-electron chi connectivity index (χ2n) is 4.73. The number of hydrogen-bond acceptors (Lipinski definition) is 3. The van der Waals surface area contributed by atoms with Crippen LogP contribution in [0.5, 0.6) is 11.5 Å². The first-order chi connectivity index (χ1) is 9.59. The van der Waals surface area contributed by atoms with Crippen molar-refractivity contribution in [1.82, 2.24) is 0 Å². The minimum Gasteiger partial charge on any atom is -0.497 e. The van der Waals surface area contributed by atoms with Gasteiger partial charge in [0.1, 0.15) is 17.1 Å². The average Bonchev–Trinajstić information content (AvgIpc) is 2.48. The van der Waals surface area contributed by atoms with E-state index in [2.05, 4.69) is 0 Å². The SMILES string of the molecule is CCOc1ccccc1C(C)(O)c1cccc(OC)c1. The molecule has 3 heteroatoms. The Morgan fingerprint density at radius 2 is 1.85 bits per heavy atom. The van der Waals surface area contributed by atoms with Crippen LogP contribution >= 0.6 is 0 Å². The van der Waals surface area contributed by atoms with Crippen molar-refractivity contribution in [3.8, 4) is 11.5 Å². The Bertz CT molecular complexity index is 576. The van der Waals surface area contributed by atoms with E-state index < -0.39 is 5.60 Å². The fraction of sp³-hybridized carbons (Fsp3) is 0.294. The summed E-state index contributed by atoms with van der Waals surface area (Å²) in [6.07, 6.45) is 0. The van der Waals surface area contributed by atoms with Crippen molar-refractivity contribution in [2.45, 2.75) is 19.4 Å². The molecule has 0 radical (unpaired) electrons. The van der Waals surface area contributed by atoms with Crippen LogP contribution in [0.3, 0.4) is 0 Å². The van der Waals surface area contributed by atoms with Crippen LogP contribution in [0.4, 0.5) is 0 Å². The second-order valence-corrected chi connectivity index (χ2v) is 4.73. The maximum Gasteiger partial charge on any atom is 0.125 e. The van der Waals surface area contributed by atoms with Gasteiger partial charge < -0.3 is 14.6 Å². The van der Waals surface area contributed by atoms with Gasteiger partial charge in [-0.15, -0.1) is 0 Å². The highest BCUT2D eigenvalue weighted by Gasteiger charge is 2.29. The molecule has 1 atom stereocenters. The van der Waals surface area contributed by atoms with Crippen molar-refractivity contribution >= 4 is 0 Å². The predicted molar refractivity (Wildman–Crippen MR) is 79.3 cm³/mol. The average molecular weight is 272 g/mol. The molecule has 0 heterocycles. The molecule has 0 aliphatic rings. The lowest BCUT2D eigenvalue weighted by Gasteiger charge is -2.27. The summed E-state index contributed by atoms with van der Waals surface area (Å²) in [5.74, 6) is 1.42. The third kappa shape index (κ3) is 2.78. The summed E-state index contributed by atoms with van der Waals surface area (Å²) in [6, 6.07) is 15.0. The first-order valence-corrected chi connectivity index (χ1v) is 6.68. The van der Waals surface area contributed by atoms with Gasteiger partial charge in [0.25, 0.3) is 0 Å². The van der Waals surface area contributed by atoms with Gasteiger partial charge in [0, 0.05) is 5.56 Å². The number of aliphatic hydroxyl groups is 1. The summed E-state index contributed by atoms with van der Waals surface area (Å²) in [6.45, 7) is 4.25. The van der Waals surface area contributed by atoms with E-state index in [9.17, 15) is 5.11 Å². The molecule has 20 heavy (non-hydrogen) atoms. The first-order valence-electron chi connectivity index (χ1n) is 6.68. The molecule has 0 amide bonds. The lowest BCUT2D eigenvalue weighted by molar-refractivity contribution is 0.0978. The summed E-state index contributed by atoms with van der Waals surface area (Å²) in [5, 5.41) is 10.9. The molecular weight excluding hydrogens is 252 g/mol. The van der Waals surface area contributed by atoms with E-state index in [-0.39, 0.29) is 0 Å². The molecule has 2 aromatic carbocycles. The molecule has 0 bridgehead atoms. The van der Waals surface area contributed by atoms with Crippen LogP contribution in [0.15, 0.2) is 48.5 Å². The van der Waals surface area contributed by atoms with Crippen molar-refractivity contribution in [3.63, 3.8) is 0 Å². The fourth-order valence-electron chi connectivity index (χ4n) is 2.23. The molecule has 0 aromatic heterocycles. The molecule has 2 aromatic rings. The number of methoxy groups -OCH3 is 1. The lowest BCUT2D eigenvalue weighted by Crippen LogP contribution is -2.23. The number of hydrogen-bond donors (Lipinski definition) is 1. The summed E-state index contributed by atoms with van der Waals surface area (Å²) >= 11 is 0. The van der Waals surface area contributed by atoms with Crippen LogP contribution in [0.2, 0.25) is 0 Å². The predicted octanol–water partition coefficient (Wildman–Crippen LogP) is 3.35. The highest BCUT2D eigenvalue weighted by Crippen LogP contribution is 2.36. The maximum absolute atomic E-state index is 10.9. The molecule has 0 fully saturated rings. The maximum atomic E-state index is 10.9. The minimum atomic E-state index is -1.14. The molecule has 0 saturated carbocycles. The number of rotatable bonds is 5. The van der Waals surface area contributed by atoms with Gasteiger partial charge in [-0.3, -0.25) is 0 Å². The zero-order valence-electron chi connectivity index (χ0n) is 12.1. The van der Waals surface area contributed by atoms with E-state index in [1.54, 1.807) is 14.0 Å². The van der Waals surface area contributed by atoms with Gasteiger partial charge in [0.15, 0.2) is 0 Å². The topological polar surface area (TPSA) is 38.7 Å². The molecule has 106 valence electrons. The molecule has 3 nitrogen and oxygen atoms in total. The van der Waals surface area contributed by atoms with E-state index in [4.69, 9.17) is 9.47 Å². The van der Waals surface area contributed by atoms with Gasteiger partial charge in [-0.1, -0.05) is 30.3 Å². The standard InChI is InChI=1S/C17H20O3/c1-4-20-16-11-6-5-10-15(16)17(2,18)13-8-7-9-14(12-13)19-3/h5-12,18H,4H2,1-3H3. The van der Waals surface area contributed by atoms with Crippen molar-refractivity contribution in [2.75, 3.05) is 13.7 Å². The molecule has 0 aliphatic heterocycles. The van der Waals surface area contributed by atoms with Gasteiger partial charge >= 0.3 is 0 Å². The summed E-state index contributed by atoms with van der Waals surface area (Å²) in [5.41, 5.74) is 0.374. The van der Waals surface area contributed by atoms with Crippen molar-refractivity contribution in [1.29, 1.82) is 0 Å². The largest absolute Gasteiger partial charge is 0.497 e. The number of benzene rings is 2. The van der Waals surface area contributed by atoms with E-state index in [0.717, 1.165) is 16.9 Å². The highest BCUT2D eigenvalue weighted by molar-refractivity contribution is 5.45. The Morgan fingerprint density at radius 3 is 2.55 bits per heavy atom. The van der Waals surface area contributed by atoms with Crippen LogP contribution in [0.1, 0.15) is 25.0 Å². The van der Waals surface area contributed by atoms with Gasteiger partial charge in [0.05, 0.1) is 13.7 Å². The lowest BCUT2D eigenvalue weighted by atomic mass is 9.87. The van der Waals surface area contributed by atoms with Crippen molar-refractivity contribution < 1.29 is 14.6 Å². The van der Waals surface area contributed by atoms with Gasteiger partial charge in [-0.25, -0.2) is 0 Å². The Kier molecular flexibility index (Phi) is 4.30. The van der Waals surface area contributed by atoms with E-state index in [1.807, 2.05) is 55.5 Å². The van der Waals surface area contributed by atoms with Crippen LogP contribution < -0.4 is 9.47 Å². The quantitative estimate of drug-likeness (QED) is 0.907. The zero-order valence-corrected chi connectivity index (χ0v) is 12.1. The Labute approximate surface area is 119 Å². The van der Waals surface area contributed by atoms with Crippen molar-refractivity contribution in [3.05, 3.63) is 59.7 Å². The molecule has 0 saturated heterocycles. The summed E-state index contributed by atoms with van der Waals surface area (Å²) in [7, 11) is 1.61. The molecule has 0 spiro atoms. The van der Waals surface area contributed by atoms with Gasteiger partial charge in [-0.2, -0.15) is 0 Å². The van der Waals surface area contributed by atoms with Gasteiger partial charge in [-0.05, 0) is 37.6 Å². The molecular formula is C17H20O3. The van der Waals surface area contributed by atoms with Crippen LogP contribution in [0, 0.1) is 0 Å². The van der Waals surface area contributed by atoms with Crippen LogP contribution in [-0.4, -0.2) is 18.8 Å². The number of para-hydroxylation sites is 1. The van der Waals surface area contributed by atoms with E-state index in [1.165, 1.54) is 0 Å². The summed E-state index contributed by atoms with van der Waals surface area (Å²) in [4.78, 5) is 0. The third-order valence-electron chi connectivity index (χ3n) is 3.34. The normalized spacial score (nSPS) is 13.6. The highest BCUT2D eigenvalue weighted by atomic mass is 16.5. The molecule has 2 rings (SSSR count). The smallest absolute Gasteiger partial charge is 0.125 e. The first kappa shape index (κ1) is 14.4. The third-order valence-corrected chi connectivity index (χ3v) is 3.34. The van der Waals surface area contributed by atoms with E-state index >= 15 is 0 Å². The second kappa shape index (κ2) is 5.97. The zero-order chi connectivity index (χ0) is 14.6. The monoisotopic (exact) mass is 272 g/mol. The van der Waals surface area contributed by atoms with E-state index in [0.29, 0.717) is 12.4 Å². The van der Waals surface area contributed by atoms with Crippen LogP contribution in [0.25, 0.3) is 0 Å². The van der Waals surface area contributed by atoms with Gasteiger partial charge in [0.2, 0.25) is 0 Å². The number of ether oxygens (including phenoxy) is 2. The Hall–Kier alpha value is -2.00. The minimum absolute atomic E-state index is 0.561. The fourth-order valence-corrected chi connectivity index (χ4v) is 2.23.